The summed E-state index contributed by atoms with van der Waals surface area (Å²) < 4.78 is 44.0. The Morgan fingerprint density at radius 3 is 1.30 bits per heavy atom. The molecule has 0 aromatic rings. The topological polar surface area (TPSA) is 72.5 Å². The van der Waals surface area contributed by atoms with E-state index in [0.29, 0.717) is 85.0 Å². The molecule has 0 aromatic heterocycles. The third-order valence-electron chi connectivity index (χ3n) is 3.36. The zero-order valence-corrected chi connectivity index (χ0v) is 16.9. The van der Waals surface area contributed by atoms with Crippen molar-refractivity contribution in [1.82, 2.24) is 0 Å². The molecule has 0 bridgehead atoms. The minimum absolute atomic E-state index is 0.0875. The summed E-state index contributed by atoms with van der Waals surface area (Å²) >= 11 is 0. The lowest BCUT2D eigenvalue weighted by Crippen LogP contribution is -2.14. The molecule has 0 heterocycles. The van der Waals surface area contributed by atoms with E-state index in [1.165, 1.54) is 0 Å². The molecular formula is C19H37FO7. The van der Waals surface area contributed by atoms with E-state index < -0.39 is 6.04 Å². The van der Waals surface area contributed by atoms with Gasteiger partial charge >= 0.3 is 6.04 Å². The zero-order valence-electron chi connectivity index (χ0n) is 16.9. The van der Waals surface area contributed by atoms with Gasteiger partial charge in [-0.05, 0) is 18.8 Å². The maximum Gasteiger partial charge on any atom is 0.301 e. The average Bonchev–Trinajstić information content (AvgIpc) is 2.62. The molecule has 0 fully saturated rings. The van der Waals surface area contributed by atoms with Crippen LogP contribution in [0.2, 0.25) is 0 Å². The summed E-state index contributed by atoms with van der Waals surface area (Å²) in [4.78, 5) is 10.1. The number of rotatable bonds is 22. The van der Waals surface area contributed by atoms with Gasteiger partial charge < -0.3 is 28.4 Å². The lowest BCUT2D eigenvalue weighted by molar-refractivity contribution is -0.129. The first kappa shape index (κ1) is 26.4. The Hall–Kier alpha value is -0.640. The largest absolute Gasteiger partial charge is 0.379 e. The van der Waals surface area contributed by atoms with E-state index in [1.54, 1.807) is 0 Å². The lowest BCUT2D eigenvalue weighted by atomic mass is 10.1. The Labute approximate surface area is 162 Å². The van der Waals surface area contributed by atoms with E-state index in [-0.39, 0.29) is 6.42 Å². The molecule has 7 nitrogen and oxygen atoms in total. The molecule has 0 amide bonds. The first-order valence-corrected chi connectivity index (χ1v) is 9.77. The predicted octanol–water partition coefficient (Wildman–Crippen LogP) is 2.41. The number of hydrogen-bond donors (Lipinski definition) is 0. The molecule has 8 heteroatoms. The van der Waals surface area contributed by atoms with Gasteiger partial charge in [0.1, 0.15) is 0 Å². The smallest absolute Gasteiger partial charge is 0.301 e. The van der Waals surface area contributed by atoms with Crippen molar-refractivity contribution in [2.45, 2.75) is 33.1 Å². The van der Waals surface area contributed by atoms with Crippen LogP contribution in [-0.2, 0) is 33.2 Å². The molecule has 0 unspecified atom stereocenters. The molecule has 0 rings (SSSR count). The van der Waals surface area contributed by atoms with Crippen LogP contribution in [0.1, 0.15) is 33.1 Å². The second-order valence-electron chi connectivity index (χ2n) is 6.32. The molecule has 0 atom stereocenters. The van der Waals surface area contributed by atoms with Gasteiger partial charge in [-0.2, -0.15) is 4.39 Å². The van der Waals surface area contributed by atoms with Crippen LogP contribution in [0.3, 0.4) is 0 Å². The van der Waals surface area contributed by atoms with Crippen LogP contribution in [-0.4, -0.2) is 85.3 Å². The zero-order chi connectivity index (χ0) is 20.0. The summed E-state index contributed by atoms with van der Waals surface area (Å²) in [5.74, 6) is 0.667. The van der Waals surface area contributed by atoms with E-state index in [9.17, 15) is 9.18 Å². The number of halogens is 1. The Kier molecular flexibility index (Phi) is 21.1. The number of carbonyl (C=O) groups is 1. The van der Waals surface area contributed by atoms with Crippen LogP contribution in [0, 0.1) is 5.92 Å². The van der Waals surface area contributed by atoms with E-state index >= 15 is 0 Å². The van der Waals surface area contributed by atoms with E-state index in [4.69, 9.17) is 28.4 Å². The third-order valence-corrected chi connectivity index (χ3v) is 3.36. The van der Waals surface area contributed by atoms with Crippen molar-refractivity contribution >= 4 is 6.04 Å². The van der Waals surface area contributed by atoms with Crippen LogP contribution >= 0.6 is 0 Å². The van der Waals surface area contributed by atoms with Gasteiger partial charge in [-0.3, -0.25) is 4.79 Å². The lowest BCUT2D eigenvalue weighted by Gasteiger charge is -2.08. The summed E-state index contributed by atoms with van der Waals surface area (Å²) in [6.45, 7) is 10.7. The maximum absolute atomic E-state index is 11.9. The van der Waals surface area contributed by atoms with Gasteiger partial charge in [0.05, 0.1) is 66.1 Å². The SMILES string of the molecule is CC(C)CCOCCOCCOCCOCCOCCOCCCC(=O)F. The van der Waals surface area contributed by atoms with Crippen LogP contribution in [0.4, 0.5) is 4.39 Å². The highest BCUT2D eigenvalue weighted by Gasteiger charge is 1.98. The van der Waals surface area contributed by atoms with Gasteiger partial charge in [0.25, 0.3) is 0 Å². The molecular weight excluding hydrogens is 359 g/mol. The van der Waals surface area contributed by atoms with Crippen LogP contribution in [0.5, 0.6) is 0 Å². The Morgan fingerprint density at radius 1 is 0.630 bits per heavy atom. The first-order chi connectivity index (χ1) is 13.1. The normalized spacial score (nSPS) is 11.4. The summed E-state index contributed by atoms with van der Waals surface area (Å²) in [6.07, 6.45) is 1.39. The Morgan fingerprint density at radius 2 is 0.963 bits per heavy atom. The number of hydrogen-bond acceptors (Lipinski definition) is 7. The highest BCUT2D eigenvalue weighted by atomic mass is 19.1. The van der Waals surface area contributed by atoms with E-state index in [1.807, 2.05) is 0 Å². The third kappa shape index (κ3) is 25.4. The van der Waals surface area contributed by atoms with Gasteiger partial charge in [-0.1, -0.05) is 13.8 Å². The molecule has 0 aliphatic carbocycles. The minimum Gasteiger partial charge on any atom is -0.379 e. The number of ether oxygens (including phenoxy) is 6. The van der Waals surface area contributed by atoms with Crippen LogP contribution in [0.15, 0.2) is 0 Å². The van der Waals surface area contributed by atoms with Crippen molar-refractivity contribution in [3.63, 3.8) is 0 Å². The molecule has 162 valence electrons. The van der Waals surface area contributed by atoms with E-state index in [2.05, 4.69) is 13.8 Å². The standard InChI is InChI=1S/C19H37FO7/c1-18(2)5-7-23-9-11-25-13-15-27-17-16-26-14-12-24-10-8-22-6-3-4-19(20)21/h18H,3-17H2,1-2H3. The van der Waals surface area contributed by atoms with Gasteiger partial charge in [-0.15, -0.1) is 0 Å². The van der Waals surface area contributed by atoms with Gasteiger partial charge in [-0.25, -0.2) is 0 Å². The molecule has 0 N–H and O–H groups in total. The van der Waals surface area contributed by atoms with Crippen molar-refractivity contribution in [2.75, 3.05) is 79.3 Å². The van der Waals surface area contributed by atoms with Crippen molar-refractivity contribution < 1.29 is 37.6 Å². The van der Waals surface area contributed by atoms with Crippen molar-refractivity contribution in [1.29, 1.82) is 0 Å². The van der Waals surface area contributed by atoms with Gasteiger partial charge in [0.2, 0.25) is 0 Å². The average molecular weight is 396 g/mol. The second-order valence-corrected chi connectivity index (χ2v) is 6.32. The monoisotopic (exact) mass is 396 g/mol. The molecule has 0 aliphatic heterocycles. The Balaban J connectivity index is 3.00. The first-order valence-electron chi connectivity index (χ1n) is 9.77. The maximum atomic E-state index is 11.9. The molecule has 0 saturated carbocycles. The predicted molar refractivity (Wildman–Crippen MR) is 99.7 cm³/mol. The number of carbonyl (C=O) groups excluding carboxylic acids is 1. The molecule has 0 aromatic carbocycles. The molecule has 0 radical (unpaired) electrons. The molecule has 0 spiro atoms. The minimum atomic E-state index is -1.30. The fourth-order valence-corrected chi connectivity index (χ4v) is 1.83. The van der Waals surface area contributed by atoms with Gasteiger partial charge in [0.15, 0.2) is 0 Å². The highest BCUT2D eigenvalue weighted by molar-refractivity contribution is 5.67. The van der Waals surface area contributed by atoms with Crippen LogP contribution in [0.25, 0.3) is 0 Å². The summed E-state index contributed by atoms with van der Waals surface area (Å²) in [5, 5.41) is 0. The molecule has 0 aliphatic rings. The molecule has 0 saturated heterocycles. The van der Waals surface area contributed by atoms with Crippen molar-refractivity contribution in [3.05, 3.63) is 0 Å². The molecule has 27 heavy (non-hydrogen) atoms. The summed E-state index contributed by atoms with van der Waals surface area (Å²) in [7, 11) is 0. The van der Waals surface area contributed by atoms with E-state index in [0.717, 1.165) is 13.0 Å². The summed E-state index contributed by atoms with van der Waals surface area (Å²) in [5.41, 5.74) is 0. The fourth-order valence-electron chi connectivity index (χ4n) is 1.83. The highest BCUT2D eigenvalue weighted by Crippen LogP contribution is 1.98. The van der Waals surface area contributed by atoms with Crippen molar-refractivity contribution in [3.8, 4) is 0 Å². The fraction of sp³-hybridized carbons (Fsp3) is 0.947. The summed E-state index contributed by atoms with van der Waals surface area (Å²) in [6, 6.07) is -1.30. The second kappa shape index (κ2) is 21.7. The quantitative estimate of drug-likeness (QED) is 0.206. The Bertz CT molecular complexity index is 316. The van der Waals surface area contributed by atoms with Gasteiger partial charge in [0, 0.05) is 19.6 Å². The van der Waals surface area contributed by atoms with Crippen molar-refractivity contribution in [2.24, 2.45) is 5.92 Å². The van der Waals surface area contributed by atoms with Crippen LogP contribution < -0.4 is 0 Å².